The van der Waals surface area contributed by atoms with Crippen molar-refractivity contribution < 1.29 is 9.18 Å². The number of benzene rings is 2. The summed E-state index contributed by atoms with van der Waals surface area (Å²) in [5.74, 6) is -0.532. The smallest absolute Gasteiger partial charge is 0.325 e. The Kier molecular flexibility index (Phi) is 5.85. The van der Waals surface area contributed by atoms with Gasteiger partial charge in [0.05, 0.1) is 5.75 Å². The Morgan fingerprint density at radius 1 is 1.15 bits per heavy atom. The van der Waals surface area contributed by atoms with Crippen molar-refractivity contribution >= 4 is 23.4 Å². The van der Waals surface area contributed by atoms with Crippen LogP contribution in [0.15, 0.2) is 64.5 Å². The Labute approximate surface area is 153 Å². The van der Waals surface area contributed by atoms with Crippen molar-refractivity contribution in [1.82, 2.24) is 14.8 Å². The van der Waals surface area contributed by atoms with Crippen LogP contribution in [0.4, 0.5) is 10.1 Å². The maximum absolute atomic E-state index is 12.9. The van der Waals surface area contributed by atoms with Gasteiger partial charge < -0.3 is 5.32 Å². The Balaban J connectivity index is 1.57. The normalized spacial score (nSPS) is 10.7. The van der Waals surface area contributed by atoms with Crippen LogP contribution in [0.1, 0.15) is 5.56 Å². The summed E-state index contributed by atoms with van der Waals surface area (Å²) in [6.45, 7) is 0.473. The minimum atomic E-state index is -0.365. The molecule has 2 N–H and O–H groups in total. The van der Waals surface area contributed by atoms with Gasteiger partial charge in [-0.25, -0.2) is 14.3 Å². The van der Waals surface area contributed by atoms with Gasteiger partial charge >= 0.3 is 5.69 Å². The van der Waals surface area contributed by atoms with Crippen molar-refractivity contribution in [3.63, 3.8) is 0 Å². The number of aromatic nitrogens is 3. The molecule has 0 saturated carbocycles. The second-order valence-corrected chi connectivity index (χ2v) is 6.48. The van der Waals surface area contributed by atoms with Gasteiger partial charge in [0, 0.05) is 12.2 Å². The van der Waals surface area contributed by atoms with Gasteiger partial charge in [-0.2, -0.15) is 0 Å². The van der Waals surface area contributed by atoms with Crippen LogP contribution < -0.4 is 11.0 Å². The summed E-state index contributed by atoms with van der Waals surface area (Å²) < 4.78 is 14.4. The molecule has 0 saturated heterocycles. The molecule has 0 aliphatic carbocycles. The lowest BCUT2D eigenvalue weighted by Gasteiger charge is -2.07. The molecule has 6 nitrogen and oxygen atoms in total. The average molecular weight is 372 g/mol. The topological polar surface area (TPSA) is 79.8 Å². The molecule has 0 unspecified atom stereocenters. The summed E-state index contributed by atoms with van der Waals surface area (Å²) in [5.41, 5.74) is 1.33. The van der Waals surface area contributed by atoms with E-state index in [1.54, 1.807) is 0 Å². The quantitative estimate of drug-likeness (QED) is 0.625. The fourth-order valence-electron chi connectivity index (χ4n) is 2.36. The number of anilines is 1. The van der Waals surface area contributed by atoms with E-state index in [-0.39, 0.29) is 23.2 Å². The summed E-state index contributed by atoms with van der Waals surface area (Å²) in [5, 5.41) is 9.52. The Hall–Kier alpha value is -2.87. The van der Waals surface area contributed by atoms with E-state index >= 15 is 0 Å². The van der Waals surface area contributed by atoms with Crippen LogP contribution in [0, 0.1) is 5.82 Å². The van der Waals surface area contributed by atoms with Gasteiger partial charge in [0.15, 0.2) is 5.16 Å². The van der Waals surface area contributed by atoms with Crippen LogP contribution in [0.25, 0.3) is 0 Å². The highest BCUT2D eigenvalue weighted by Gasteiger charge is 2.11. The minimum Gasteiger partial charge on any atom is -0.325 e. The maximum Gasteiger partial charge on any atom is 0.343 e. The molecule has 1 aromatic heterocycles. The number of halogens is 1. The largest absolute Gasteiger partial charge is 0.343 e. The van der Waals surface area contributed by atoms with Crippen molar-refractivity contribution in [2.45, 2.75) is 18.1 Å². The molecule has 3 rings (SSSR count). The molecule has 0 aliphatic rings. The number of rotatable bonds is 7. The molecule has 0 radical (unpaired) electrons. The Morgan fingerprint density at radius 2 is 1.88 bits per heavy atom. The van der Waals surface area contributed by atoms with Crippen LogP contribution >= 0.6 is 11.8 Å². The summed E-state index contributed by atoms with van der Waals surface area (Å²) >= 11 is 1.17. The highest BCUT2D eigenvalue weighted by Crippen LogP contribution is 2.15. The van der Waals surface area contributed by atoms with Crippen LogP contribution in [-0.2, 0) is 17.8 Å². The molecule has 134 valence electrons. The first kappa shape index (κ1) is 17.9. The number of carbonyl (C=O) groups is 1. The van der Waals surface area contributed by atoms with Crippen LogP contribution in [0.3, 0.4) is 0 Å². The third kappa shape index (κ3) is 4.82. The molecule has 0 bridgehead atoms. The number of nitrogens with zero attached hydrogens (tertiary/aromatic N) is 2. The van der Waals surface area contributed by atoms with Crippen molar-refractivity contribution in [2.75, 3.05) is 11.1 Å². The maximum atomic E-state index is 12.9. The zero-order valence-corrected chi connectivity index (χ0v) is 14.6. The van der Waals surface area contributed by atoms with E-state index in [0.29, 0.717) is 23.8 Å². The standard InChI is InChI=1S/C18H17FN4O2S/c19-14-6-8-15(9-7-14)20-16(24)12-26-18-22-21-17(25)23(18)11-10-13-4-2-1-3-5-13/h1-9H,10-12H2,(H,20,24)(H,21,25). The first-order valence-corrected chi connectivity index (χ1v) is 8.98. The molecular formula is C18H17FN4O2S. The van der Waals surface area contributed by atoms with Gasteiger partial charge in [0.1, 0.15) is 5.82 Å². The number of hydrogen-bond donors (Lipinski definition) is 2. The average Bonchev–Trinajstić information content (AvgIpc) is 3.01. The molecule has 0 spiro atoms. The van der Waals surface area contributed by atoms with Gasteiger partial charge in [0.25, 0.3) is 0 Å². The molecule has 2 aromatic carbocycles. The van der Waals surface area contributed by atoms with Gasteiger partial charge in [-0.3, -0.25) is 9.36 Å². The molecule has 3 aromatic rings. The predicted molar refractivity (Wildman–Crippen MR) is 98.7 cm³/mol. The summed E-state index contributed by atoms with van der Waals surface area (Å²) in [6.07, 6.45) is 0.690. The van der Waals surface area contributed by atoms with E-state index in [1.165, 1.54) is 40.6 Å². The second kappa shape index (κ2) is 8.48. The van der Waals surface area contributed by atoms with E-state index in [9.17, 15) is 14.0 Å². The molecule has 0 atom stereocenters. The van der Waals surface area contributed by atoms with Crippen molar-refractivity contribution in [3.8, 4) is 0 Å². The minimum absolute atomic E-state index is 0.0903. The van der Waals surface area contributed by atoms with Gasteiger partial charge in [0.2, 0.25) is 5.91 Å². The molecule has 26 heavy (non-hydrogen) atoms. The van der Waals surface area contributed by atoms with Gasteiger partial charge in [-0.1, -0.05) is 42.1 Å². The summed E-state index contributed by atoms with van der Waals surface area (Å²) in [4.78, 5) is 23.9. The van der Waals surface area contributed by atoms with E-state index in [1.807, 2.05) is 30.3 Å². The molecule has 1 amide bonds. The lowest BCUT2D eigenvalue weighted by Crippen LogP contribution is -2.20. The van der Waals surface area contributed by atoms with E-state index in [0.717, 1.165) is 5.56 Å². The third-order valence-corrected chi connectivity index (χ3v) is 4.63. The van der Waals surface area contributed by atoms with E-state index in [4.69, 9.17) is 0 Å². The lowest BCUT2D eigenvalue weighted by atomic mass is 10.1. The first-order valence-electron chi connectivity index (χ1n) is 7.99. The second-order valence-electron chi connectivity index (χ2n) is 5.54. The molecular weight excluding hydrogens is 355 g/mol. The predicted octanol–water partition coefficient (Wildman–Crippen LogP) is 2.68. The number of aromatic amines is 1. The van der Waals surface area contributed by atoms with E-state index in [2.05, 4.69) is 15.5 Å². The van der Waals surface area contributed by atoms with Crippen molar-refractivity contribution in [3.05, 3.63) is 76.5 Å². The van der Waals surface area contributed by atoms with Gasteiger partial charge in [-0.05, 0) is 36.2 Å². The monoisotopic (exact) mass is 372 g/mol. The molecule has 0 aliphatic heterocycles. The molecule has 1 heterocycles. The fraction of sp³-hybridized carbons (Fsp3) is 0.167. The number of thioether (sulfide) groups is 1. The van der Waals surface area contributed by atoms with E-state index < -0.39 is 0 Å². The number of carbonyl (C=O) groups excluding carboxylic acids is 1. The van der Waals surface area contributed by atoms with Crippen LogP contribution in [-0.4, -0.2) is 26.4 Å². The van der Waals surface area contributed by atoms with Crippen LogP contribution in [0.2, 0.25) is 0 Å². The SMILES string of the molecule is O=C(CSc1n[nH]c(=O)n1CCc1ccccc1)Nc1ccc(F)cc1. The van der Waals surface area contributed by atoms with Crippen molar-refractivity contribution in [2.24, 2.45) is 0 Å². The highest BCUT2D eigenvalue weighted by atomic mass is 32.2. The number of nitrogens with one attached hydrogen (secondary N) is 2. The molecule has 8 heteroatoms. The number of H-pyrrole nitrogens is 1. The zero-order chi connectivity index (χ0) is 18.4. The van der Waals surface area contributed by atoms with Gasteiger partial charge in [-0.15, -0.1) is 5.10 Å². The fourth-order valence-corrected chi connectivity index (χ4v) is 3.13. The summed E-state index contributed by atoms with van der Waals surface area (Å²) in [7, 11) is 0. The Bertz CT molecular complexity index is 922. The van der Waals surface area contributed by atoms with Crippen LogP contribution in [0.5, 0.6) is 0 Å². The lowest BCUT2D eigenvalue weighted by molar-refractivity contribution is -0.113. The highest BCUT2D eigenvalue weighted by molar-refractivity contribution is 7.99. The number of hydrogen-bond acceptors (Lipinski definition) is 4. The summed E-state index contributed by atoms with van der Waals surface area (Å²) in [6, 6.07) is 15.3. The van der Waals surface area contributed by atoms with Crippen molar-refractivity contribution in [1.29, 1.82) is 0 Å². The Morgan fingerprint density at radius 3 is 2.62 bits per heavy atom. The first-order chi connectivity index (χ1) is 12.6. The number of amides is 1. The number of aryl methyl sites for hydroxylation is 1. The third-order valence-electron chi connectivity index (χ3n) is 3.65. The zero-order valence-electron chi connectivity index (χ0n) is 13.8. The molecule has 0 fully saturated rings.